The maximum Gasteiger partial charge on any atom is 0.211 e. The monoisotopic (exact) mass is 177 g/mol. The number of sulfonamides is 1. The first kappa shape index (κ1) is 9.00. The lowest BCUT2D eigenvalue weighted by atomic mass is 10.2. The van der Waals surface area contributed by atoms with Crippen molar-refractivity contribution >= 4 is 10.0 Å². The summed E-state index contributed by atoms with van der Waals surface area (Å²) in [6.45, 7) is 1.44. The third kappa shape index (κ3) is 2.79. The van der Waals surface area contributed by atoms with Crippen LogP contribution in [0.1, 0.15) is 25.7 Å². The van der Waals surface area contributed by atoms with Gasteiger partial charge >= 0.3 is 0 Å². The molecule has 4 heteroatoms. The second kappa shape index (κ2) is 3.54. The quantitative estimate of drug-likeness (QED) is 0.594. The summed E-state index contributed by atoms with van der Waals surface area (Å²) in [7, 11) is -2.92. The Bertz CT molecular complexity index is 202. The van der Waals surface area contributed by atoms with Crippen LogP contribution in [0.15, 0.2) is 0 Å². The van der Waals surface area contributed by atoms with Crippen molar-refractivity contribution in [1.29, 1.82) is 0 Å². The van der Waals surface area contributed by atoms with E-state index < -0.39 is 10.0 Å². The Kier molecular flexibility index (Phi) is 2.90. The predicted molar refractivity (Wildman–Crippen MR) is 44.9 cm³/mol. The fourth-order valence-corrected chi connectivity index (χ4v) is 2.29. The molecule has 0 atom stereocenters. The molecule has 0 bridgehead atoms. The molecule has 1 heterocycles. The van der Waals surface area contributed by atoms with Gasteiger partial charge in [-0.25, -0.2) is 12.7 Å². The average molecular weight is 177 g/mol. The van der Waals surface area contributed by atoms with Gasteiger partial charge in [0.05, 0.1) is 6.26 Å². The van der Waals surface area contributed by atoms with Gasteiger partial charge in [-0.15, -0.1) is 0 Å². The third-order valence-electron chi connectivity index (χ3n) is 2.03. The zero-order valence-electron chi connectivity index (χ0n) is 6.91. The minimum Gasteiger partial charge on any atom is -0.213 e. The van der Waals surface area contributed by atoms with Gasteiger partial charge in [-0.1, -0.05) is 12.8 Å². The van der Waals surface area contributed by atoms with E-state index in [0.717, 1.165) is 25.9 Å². The summed E-state index contributed by atoms with van der Waals surface area (Å²) in [5.41, 5.74) is 0. The topological polar surface area (TPSA) is 37.4 Å². The number of hydrogen-bond acceptors (Lipinski definition) is 2. The first-order valence-electron chi connectivity index (χ1n) is 4.06. The second-order valence-electron chi connectivity index (χ2n) is 3.08. The highest BCUT2D eigenvalue weighted by Crippen LogP contribution is 2.11. The van der Waals surface area contributed by atoms with Crippen LogP contribution in [-0.2, 0) is 10.0 Å². The minimum atomic E-state index is -2.92. The molecule has 0 aromatic carbocycles. The smallest absolute Gasteiger partial charge is 0.211 e. The Morgan fingerprint density at radius 3 is 1.82 bits per heavy atom. The van der Waals surface area contributed by atoms with Gasteiger partial charge in [-0.05, 0) is 12.8 Å². The van der Waals surface area contributed by atoms with Gasteiger partial charge in [0, 0.05) is 13.1 Å². The van der Waals surface area contributed by atoms with Gasteiger partial charge in [0.2, 0.25) is 10.0 Å². The van der Waals surface area contributed by atoms with Crippen molar-refractivity contribution in [1.82, 2.24) is 4.31 Å². The molecule has 3 nitrogen and oxygen atoms in total. The predicted octanol–water partition coefficient (Wildman–Crippen LogP) is 0.822. The molecule has 0 N–H and O–H groups in total. The molecule has 0 saturated carbocycles. The summed E-state index contributed by atoms with van der Waals surface area (Å²) in [5, 5.41) is 0. The normalized spacial score (nSPS) is 23.0. The van der Waals surface area contributed by atoms with E-state index in [2.05, 4.69) is 0 Å². The molecule has 0 spiro atoms. The van der Waals surface area contributed by atoms with Gasteiger partial charge in [0.25, 0.3) is 0 Å². The van der Waals surface area contributed by atoms with Gasteiger partial charge in [-0.2, -0.15) is 0 Å². The van der Waals surface area contributed by atoms with Crippen LogP contribution < -0.4 is 0 Å². The van der Waals surface area contributed by atoms with Crippen molar-refractivity contribution in [2.45, 2.75) is 25.7 Å². The first-order valence-corrected chi connectivity index (χ1v) is 5.90. The zero-order chi connectivity index (χ0) is 8.32. The van der Waals surface area contributed by atoms with E-state index in [1.807, 2.05) is 0 Å². The summed E-state index contributed by atoms with van der Waals surface area (Å²) in [5.74, 6) is 0. The van der Waals surface area contributed by atoms with Crippen LogP contribution in [-0.4, -0.2) is 32.1 Å². The molecule has 1 rings (SSSR count). The summed E-state index contributed by atoms with van der Waals surface area (Å²) >= 11 is 0. The van der Waals surface area contributed by atoms with Crippen molar-refractivity contribution in [3.8, 4) is 0 Å². The largest absolute Gasteiger partial charge is 0.213 e. The van der Waals surface area contributed by atoms with Gasteiger partial charge in [-0.3, -0.25) is 0 Å². The molecule has 0 aromatic rings. The van der Waals surface area contributed by atoms with Crippen molar-refractivity contribution in [3.63, 3.8) is 0 Å². The zero-order valence-corrected chi connectivity index (χ0v) is 7.73. The molecule has 66 valence electrons. The molecule has 1 saturated heterocycles. The Balaban J connectivity index is 2.57. The van der Waals surface area contributed by atoms with Crippen LogP contribution in [0.25, 0.3) is 0 Å². The molecular weight excluding hydrogens is 162 g/mol. The fraction of sp³-hybridized carbons (Fsp3) is 1.00. The van der Waals surface area contributed by atoms with Crippen molar-refractivity contribution in [3.05, 3.63) is 0 Å². The molecule has 11 heavy (non-hydrogen) atoms. The van der Waals surface area contributed by atoms with Gasteiger partial charge in [0.15, 0.2) is 0 Å². The van der Waals surface area contributed by atoms with Crippen LogP contribution in [0, 0.1) is 0 Å². The molecular formula is C7H15NO2S. The highest BCUT2D eigenvalue weighted by Gasteiger charge is 2.17. The molecule has 1 aliphatic heterocycles. The first-order chi connectivity index (χ1) is 5.11. The maximum absolute atomic E-state index is 11.1. The van der Waals surface area contributed by atoms with Crippen molar-refractivity contribution in [2.24, 2.45) is 0 Å². The second-order valence-corrected chi connectivity index (χ2v) is 5.06. The Morgan fingerprint density at radius 1 is 1.00 bits per heavy atom. The summed E-state index contributed by atoms with van der Waals surface area (Å²) in [6.07, 6.45) is 5.68. The lowest BCUT2D eigenvalue weighted by Gasteiger charge is -2.16. The van der Waals surface area contributed by atoms with Crippen LogP contribution in [0.4, 0.5) is 0 Å². The molecule has 0 aliphatic carbocycles. The van der Waals surface area contributed by atoms with Crippen LogP contribution in [0.3, 0.4) is 0 Å². The van der Waals surface area contributed by atoms with Gasteiger partial charge < -0.3 is 0 Å². The average Bonchev–Trinajstić information content (AvgIpc) is 2.10. The number of rotatable bonds is 1. The third-order valence-corrected chi connectivity index (χ3v) is 3.34. The molecule has 0 radical (unpaired) electrons. The number of hydrogen-bond donors (Lipinski definition) is 0. The van der Waals surface area contributed by atoms with Gasteiger partial charge in [0.1, 0.15) is 0 Å². The molecule has 1 aliphatic rings. The minimum absolute atomic E-state index is 0.721. The van der Waals surface area contributed by atoms with E-state index in [4.69, 9.17) is 0 Å². The SMILES string of the molecule is CS(=O)(=O)N1CCCCCC1. The van der Waals surface area contributed by atoms with E-state index in [1.54, 1.807) is 4.31 Å². The molecule has 1 fully saturated rings. The summed E-state index contributed by atoms with van der Waals surface area (Å²) in [4.78, 5) is 0. The Labute approximate surface area is 68.4 Å². The Morgan fingerprint density at radius 2 is 1.45 bits per heavy atom. The van der Waals surface area contributed by atoms with Crippen molar-refractivity contribution < 1.29 is 8.42 Å². The lowest BCUT2D eigenvalue weighted by Crippen LogP contribution is -2.30. The summed E-state index contributed by atoms with van der Waals surface area (Å²) in [6, 6.07) is 0. The van der Waals surface area contributed by atoms with E-state index in [0.29, 0.717) is 0 Å². The Hall–Kier alpha value is -0.0900. The standard InChI is InChI=1S/C7H15NO2S/c1-11(9,10)8-6-4-2-3-5-7-8/h2-7H2,1H3. The fourth-order valence-electron chi connectivity index (χ4n) is 1.37. The highest BCUT2D eigenvalue weighted by molar-refractivity contribution is 7.88. The van der Waals surface area contributed by atoms with Crippen LogP contribution in [0.2, 0.25) is 0 Å². The number of nitrogens with zero attached hydrogens (tertiary/aromatic N) is 1. The van der Waals surface area contributed by atoms with E-state index in [1.165, 1.54) is 19.1 Å². The molecule has 0 amide bonds. The van der Waals surface area contributed by atoms with E-state index in [-0.39, 0.29) is 0 Å². The maximum atomic E-state index is 11.1. The van der Waals surface area contributed by atoms with Crippen LogP contribution >= 0.6 is 0 Å². The molecule has 0 aromatic heterocycles. The van der Waals surface area contributed by atoms with E-state index >= 15 is 0 Å². The van der Waals surface area contributed by atoms with E-state index in [9.17, 15) is 8.42 Å². The molecule has 0 unspecified atom stereocenters. The lowest BCUT2D eigenvalue weighted by molar-refractivity contribution is 0.428. The van der Waals surface area contributed by atoms with Crippen LogP contribution in [0.5, 0.6) is 0 Å². The summed E-state index contributed by atoms with van der Waals surface area (Å²) < 4.78 is 23.7. The highest BCUT2D eigenvalue weighted by atomic mass is 32.2. The van der Waals surface area contributed by atoms with Crippen molar-refractivity contribution in [2.75, 3.05) is 19.3 Å².